The Morgan fingerprint density at radius 2 is 2.13 bits per heavy atom. The molecule has 1 aromatic carbocycles. The molecule has 23 heavy (non-hydrogen) atoms. The number of aromatic nitrogens is 2. The summed E-state index contributed by atoms with van der Waals surface area (Å²) in [6.45, 7) is 2.97. The number of amides is 1. The number of hydrogen-bond donors (Lipinski definition) is 2. The highest BCUT2D eigenvalue weighted by Crippen LogP contribution is 2.24. The number of fused-ring (bicyclic) bond motifs is 1. The lowest BCUT2D eigenvalue weighted by Crippen LogP contribution is -2.19. The maximum atomic E-state index is 11.8. The molecule has 122 valence electrons. The van der Waals surface area contributed by atoms with E-state index in [1.54, 1.807) is 0 Å². The van der Waals surface area contributed by atoms with E-state index in [1.165, 1.54) is 18.7 Å². The van der Waals surface area contributed by atoms with Crippen molar-refractivity contribution in [3.8, 4) is 11.3 Å². The average molecular weight is 312 g/mol. The number of aryl methyl sites for hydroxylation is 2. The van der Waals surface area contributed by atoms with Crippen molar-refractivity contribution in [2.45, 2.75) is 51.6 Å². The Kier molecular flexibility index (Phi) is 4.76. The third kappa shape index (κ3) is 3.99. The van der Waals surface area contributed by atoms with Crippen LogP contribution in [0.3, 0.4) is 0 Å². The third-order valence-electron chi connectivity index (χ3n) is 4.20. The van der Waals surface area contributed by atoms with E-state index in [0.29, 0.717) is 12.8 Å². The Hall–Kier alpha value is -2.14. The van der Waals surface area contributed by atoms with Crippen LogP contribution in [0, 0.1) is 0 Å². The van der Waals surface area contributed by atoms with Gasteiger partial charge in [-0.3, -0.25) is 4.79 Å². The number of carbonyl (C=O) groups is 1. The second-order valence-electron chi connectivity index (χ2n) is 6.33. The predicted molar refractivity (Wildman–Crippen MR) is 92.1 cm³/mol. The van der Waals surface area contributed by atoms with Gasteiger partial charge in [0.15, 0.2) is 0 Å². The minimum absolute atomic E-state index is 0.00695. The van der Waals surface area contributed by atoms with Gasteiger partial charge in [-0.05, 0) is 38.3 Å². The maximum absolute atomic E-state index is 11.8. The lowest BCUT2D eigenvalue weighted by Gasteiger charge is -2.11. The average Bonchev–Trinajstić information content (AvgIpc) is 2.97. The summed E-state index contributed by atoms with van der Waals surface area (Å²) in [6.07, 6.45) is 6.80. The maximum Gasteiger partial charge on any atom is 0.224 e. The fraction of sp³-hybridized carbons (Fsp3) is 0.444. The van der Waals surface area contributed by atoms with Crippen LogP contribution in [0.4, 0.5) is 5.69 Å². The number of rotatable bonds is 5. The summed E-state index contributed by atoms with van der Waals surface area (Å²) < 4.78 is 2.25. The Labute approximate surface area is 136 Å². The quantitative estimate of drug-likeness (QED) is 0.891. The number of nitrogens with zero attached hydrogens (tertiary/aromatic N) is 2. The largest absolute Gasteiger partial charge is 0.334 e. The number of carbonyl (C=O) groups excluding carboxylic acids is 1. The molecular formula is C18H24N4O. The molecule has 1 atom stereocenters. The lowest BCUT2D eigenvalue weighted by molar-refractivity contribution is -0.116. The zero-order valence-electron chi connectivity index (χ0n) is 13.6. The molecule has 0 radical (unpaired) electrons. The third-order valence-corrected chi connectivity index (χ3v) is 4.20. The van der Waals surface area contributed by atoms with Crippen LogP contribution in [-0.2, 0) is 17.8 Å². The van der Waals surface area contributed by atoms with Gasteiger partial charge in [-0.15, -0.1) is 0 Å². The van der Waals surface area contributed by atoms with Crippen molar-refractivity contribution < 1.29 is 4.79 Å². The number of anilines is 1. The van der Waals surface area contributed by atoms with E-state index in [1.807, 2.05) is 31.2 Å². The van der Waals surface area contributed by atoms with Crippen LogP contribution in [0.5, 0.6) is 0 Å². The molecule has 0 saturated carbocycles. The molecule has 5 heteroatoms. The first-order valence-electron chi connectivity index (χ1n) is 8.34. The molecule has 0 spiro atoms. The van der Waals surface area contributed by atoms with Crippen LogP contribution >= 0.6 is 0 Å². The molecule has 0 fully saturated rings. The smallest absolute Gasteiger partial charge is 0.224 e. The monoisotopic (exact) mass is 312 g/mol. The van der Waals surface area contributed by atoms with E-state index >= 15 is 0 Å². The van der Waals surface area contributed by atoms with Crippen molar-refractivity contribution >= 4 is 11.6 Å². The second-order valence-corrected chi connectivity index (χ2v) is 6.33. The highest BCUT2D eigenvalue weighted by atomic mass is 16.1. The summed E-state index contributed by atoms with van der Waals surface area (Å²) in [6, 6.07) is 7.93. The first-order valence-corrected chi connectivity index (χ1v) is 8.34. The number of imidazole rings is 1. The van der Waals surface area contributed by atoms with Gasteiger partial charge in [-0.25, -0.2) is 4.98 Å². The standard InChI is InChI=1S/C18H24N4O/c1-13(19)5-10-18(23)20-15-8-6-14(7-9-15)16-12-22-11-3-2-4-17(22)21-16/h6-9,12-13H,2-5,10-11,19H2,1H3,(H,20,23). The summed E-state index contributed by atoms with van der Waals surface area (Å²) in [5, 5.41) is 2.90. The van der Waals surface area contributed by atoms with E-state index in [2.05, 4.69) is 16.1 Å². The summed E-state index contributed by atoms with van der Waals surface area (Å²) in [4.78, 5) is 16.5. The highest BCUT2D eigenvalue weighted by molar-refractivity contribution is 5.90. The van der Waals surface area contributed by atoms with Crippen LogP contribution in [0.15, 0.2) is 30.5 Å². The Morgan fingerprint density at radius 1 is 1.35 bits per heavy atom. The van der Waals surface area contributed by atoms with Gasteiger partial charge >= 0.3 is 0 Å². The van der Waals surface area contributed by atoms with Crippen LogP contribution in [0.25, 0.3) is 11.3 Å². The van der Waals surface area contributed by atoms with Gasteiger partial charge in [0, 0.05) is 42.9 Å². The predicted octanol–water partition coefficient (Wildman–Crippen LogP) is 2.95. The highest BCUT2D eigenvalue weighted by Gasteiger charge is 2.13. The minimum Gasteiger partial charge on any atom is -0.334 e. The van der Waals surface area contributed by atoms with Gasteiger partial charge in [0.2, 0.25) is 5.91 Å². The zero-order chi connectivity index (χ0) is 16.2. The first kappa shape index (κ1) is 15.7. The molecule has 1 aliphatic heterocycles. The Morgan fingerprint density at radius 3 is 2.83 bits per heavy atom. The summed E-state index contributed by atoms with van der Waals surface area (Å²) in [5.74, 6) is 1.19. The summed E-state index contributed by atoms with van der Waals surface area (Å²) >= 11 is 0. The fourth-order valence-electron chi connectivity index (χ4n) is 2.86. The van der Waals surface area contributed by atoms with Crippen molar-refractivity contribution in [3.63, 3.8) is 0 Å². The SMILES string of the molecule is CC(N)CCC(=O)Nc1ccc(-c2cn3c(n2)CCCC3)cc1. The van der Waals surface area contributed by atoms with Crippen molar-refractivity contribution in [1.82, 2.24) is 9.55 Å². The van der Waals surface area contributed by atoms with Gasteiger partial charge in [0.25, 0.3) is 0 Å². The second kappa shape index (κ2) is 6.96. The van der Waals surface area contributed by atoms with Crippen LogP contribution < -0.4 is 11.1 Å². The molecule has 3 N–H and O–H groups in total. The minimum atomic E-state index is 0.00695. The van der Waals surface area contributed by atoms with Crippen molar-refractivity contribution in [2.75, 3.05) is 5.32 Å². The summed E-state index contributed by atoms with van der Waals surface area (Å²) in [5.41, 5.74) is 8.58. The van der Waals surface area contributed by atoms with Gasteiger partial charge < -0.3 is 15.6 Å². The van der Waals surface area contributed by atoms with Gasteiger partial charge in [-0.1, -0.05) is 12.1 Å². The molecule has 0 bridgehead atoms. The molecule has 1 aromatic heterocycles. The van der Waals surface area contributed by atoms with E-state index in [9.17, 15) is 4.79 Å². The van der Waals surface area contributed by atoms with Crippen molar-refractivity contribution in [2.24, 2.45) is 5.73 Å². The molecule has 1 amide bonds. The Balaban J connectivity index is 1.65. The molecule has 2 aromatic rings. The molecule has 5 nitrogen and oxygen atoms in total. The first-order chi connectivity index (χ1) is 11.1. The van der Waals surface area contributed by atoms with Gasteiger partial charge in [0.05, 0.1) is 5.69 Å². The molecule has 1 aliphatic rings. The van der Waals surface area contributed by atoms with Gasteiger partial charge in [0.1, 0.15) is 5.82 Å². The molecular weight excluding hydrogens is 288 g/mol. The number of nitrogens with one attached hydrogen (secondary N) is 1. The van der Waals surface area contributed by atoms with Crippen molar-refractivity contribution in [1.29, 1.82) is 0 Å². The number of benzene rings is 1. The molecule has 1 unspecified atom stereocenters. The van der Waals surface area contributed by atoms with Gasteiger partial charge in [-0.2, -0.15) is 0 Å². The fourth-order valence-corrected chi connectivity index (χ4v) is 2.86. The van der Waals surface area contributed by atoms with Crippen LogP contribution in [-0.4, -0.2) is 21.5 Å². The number of hydrogen-bond acceptors (Lipinski definition) is 3. The molecule has 2 heterocycles. The van der Waals surface area contributed by atoms with E-state index in [4.69, 9.17) is 10.7 Å². The molecule has 3 rings (SSSR count). The Bertz CT molecular complexity index is 649. The topological polar surface area (TPSA) is 72.9 Å². The van der Waals surface area contributed by atoms with E-state index < -0.39 is 0 Å². The zero-order valence-corrected chi connectivity index (χ0v) is 13.6. The molecule has 0 aliphatic carbocycles. The summed E-state index contributed by atoms with van der Waals surface area (Å²) in [7, 11) is 0. The van der Waals surface area contributed by atoms with Crippen LogP contribution in [0.2, 0.25) is 0 Å². The number of nitrogens with two attached hydrogens (primary N) is 1. The lowest BCUT2D eigenvalue weighted by atomic mass is 10.1. The van der Waals surface area contributed by atoms with E-state index in [-0.39, 0.29) is 11.9 Å². The van der Waals surface area contributed by atoms with Crippen LogP contribution in [0.1, 0.15) is 38.4 Å². The normalized spacial score (nSPS) is 15.0. The van der Waals surface area contributed by atoms with E-state index in [0.717, 1.165) is 29.9 Å². The van der Waals surface area contributed by atoms with Crippen molar-refractivity contribution in [3.05, 3.63) is 36.3 Å². The molecule has 0 saturated heterocycles.